The second kappa shape index (κ2) is 6.12. The molecule has 0 unspecified atom stereocenters. The Kier molecular flexibility index (Phi) is 5.09. The van der Waals surface area contributed by atoms with Gasteiger partial charge < -0.3 is 0 Å². The lowest BCUT2D eigenvalue weighted by Crippen LogP contribution is -2.35. The molecule has 0 aromatic heterocycles. The van der Waals surface area contributed by atoms with Crippen LogP contribution in [-0.4, -0.2) is 8.96 Å². The lowest BCUT2D eigenvalue weighted by Gasteiger charge is -2.23. The van der Waals surface area contributed by atoms with Crippen molar-refractivity contribution in [2.75, 3.05) is 0 Å². The summed E-state index contributed by atoms with van der Waals surface area (Å²) >= 11 is 0. The highest BCUT2D eigenvalue weighted by Gasteiger charge is 2.22. The van der Waals surface area contributed by atoms with Crippen LogP contribution in [0.1, 0.15) is 38.8 Å². The summed E-state index contributed by atoms with van der Waals surface area (Å²) in [6, 6.07) is 10.1. The molecule has 1 N–H and O–H groups in total. The van der Waals surface area contributed by atoms with Crippen LogP contribution in [0.2, 0.25) is 0 Å². The molecule has 0 saturated heterocycles. The molecule has 0 aliphatic carbocycles. The number of rotatable bonds is 5. The summed E-state index contributed by atoms with van der Waals surface area (Å²) in [6.07, 6.45) is 2.62. The molecule has 1 aromatic rings. The van der Waals surface area contributed by atoms with Gasteiger partial charge in [-0.2, -0.15) is 0 Å². The molecule has 3 heteroatoms. The highest BCUT2D eigenvalue weighted by molar-refractivity contribution is 7.84. The Bertz CT molecular complexity index is 381. The molecule has 2 nitrogen and oxygen atoms in total. The largest absolute Gasteiger partial charge is 0.242 e. The fourth-order valence-corrected chi connectivity index (χ4v) is 2.25. The van der Waals surface area contributed by atoms with Gasteiger partial charge in [0.05, 0.1) is 15.7 Å². The minimum Gasteiger partial charge on any atom is -0.242 e. The Hall–Kier alpha value is -0.930. The minimum atomic E-state index is -1.07. The van der Waals surface area contributed by atoms with E-state index in [1.165, 1.54) is 0 Å². The first-order valence-electron chi connectivity index (χ1n) is 5.79. The summed E-state index contributed by atoms with van der Waals surface area (Å²) in [5.74, 6) is 0. The van der Waals surface area contributed by atoms with Crippen molar-refractivity contribution < 1.29 is 4.21 Å². The summed E-state index contributed by atoms with van der Waals surface area (Å²) in [6.45, 7) is 9.65. The van der Waals surface area contributed by atoms with Gasteiger partial charge in [-0.25, -0.2) is 8.93 Å². The molecule has 0 aliphatic rings. The zero-order valence-corrected chi connectivity index (χ0v) is 11.6. The maximum atomic E-state index is 12.1. The smallest absolute Gasteiger partial charge is 0.0976 e. The third-order valence-electron chi connectivity index (χ3n) is 2.41. The van der Waals surface area contributed by atoms with Crippen LogP contribution >= 0.6 is 0 Å². The van der Waals surface area contributed by atoms with Gasteiger partial charge in [-0.15, -0.1) is 6.58 Å². The Balaban J connectivity index is 2.81. The van der Waals surface area contributed by atoms with Crippen LogP contribution in [0, 0.1) is 0 Å². The lowest BCUT2D eigenvalue weighted by molar-refractivity contribution is 0.602. The van der Waals surface area contributed by atoms with Crippen molar-refractivity contribution in [1.82, 2.24) is 4.72 Å². The van der Waals surface area contributed by atoms with E-state index in [1.54, 1.807) is 0 Å². The van der Waals surface area contributed by atoms with Crippen molar-refractivity contribution in [3.63, 3.8) is 0 Å². The zero-order chi connectivity index (χ0) is 12.9. The van der Waals surface area contributed by atoms with Gasteiger partial charge in [0, 0.05) is 6.04 Å². The molecule has 1 aromatic carbocycles. The van der Waals surface area contributed by atoms with Crippen LogP contribution in [0.4, 0.5) is 0 Å². The van der Waals surface area contributed by atoms with E-state index in [-0.39, 0.29) is 10.8 Å². The number of benzene rings is 1. The highest BCUT2D eigenvalue weighted by Crippen LogP contribution is 2.20. The zero-order valence-electron chi connectivity index (χ0n) is 10.8. The molecule has 0 heterocycles. The Labute approximate surface area is 107 Å². The number of nitrogens with one attached hydrogen (secondary N) is 1. The first-order chi connectivity index (χ1) is 7.95. The standard InChI is InChI=1S/C14H21NOS/c1-5-9-13(12-10-7-6-8-11-12)15-17(16)14(2,3)4/h5-8,10-11,13,15H,1,9H2,2-4H3/t13-,17+/m1/s1. The van der Waals surface area contributed by atoms with Gasteiger partial charge in [0.2, 0.25) is 0 Å². The average molecular weight is 251 g/mol. The first-order valence-corrected chi connectivity index (χ1v) is 6.94. The van der Waals surface area contributed by atoms with E-state index in [2.05, 4.69) is 11.3 Å². The van der Waals surface area contributed by atoms with Crippen molar-refractivity contribution in [1.29, 1.82) is 0 Å². The van der Waals surface area contributed by atoms with Gasteiger partial charge >= 0.3 is 0 Å². The molecule has 94 valence electrons. The summed E-state index contributed by atoms with van der Waals surface area (Å²) in [7, 11) is -1.07. The molecular formula is C14H21NOS. The lowest BCUT2D eigenvalue weighted by atomic mass is 10.1. The normalized spacial score (nSPS) is 15.2. The van der Waals surface area contributed by atoms with Crippen LogP contribution in [0.15, 0.2) is 43.0 Å². The maximum Gasteiger partial charge on any atom is 0.0976 e. The van der Waals surface area contributed by atoms with Gasteiger partial charge in [-0.1, -0.05) is 36.4 Å². The van der Waals surface area contributed by atoms with Crippen molar-refractivity contribution in [3.8, 4) is 0 Å². The second-order valence-corrected chi connectivity index (χ2v) is 6.98. The van der Waals surface area contributed by atoms with Crippen molar-refractivity contribution in [3.05, 3.63) is 48.6 Å². The molecule has 0 fully saturated rings. The van der Waals surface area contributed by atoms with Crippen LogP contribution in [0.5, 0.6) is 0 Å². The fourth-order valence-electron chi connectivity index (χ4n) is 1.41. The van der Waals surface area contributed by atoms with Gasteiger partial charge in [-0.05, 0) is 32.8 Å². The van der Waals surface area contributed by atoms with E-state index in [0.717, 1.165) is 12.0 Å². The number of hydrogen-bond acceptors (Lipinski definition) is 1. The monoisotopic (exact) mass is 251 g/mol. The third kappa shape index (κ3) is 4.44. The molecule has 0 saturated carbocycles. The molecule has 0 aliphatic heterocycles. The van der Waals surface area contributed by atoms with Crippen molar-refractivity contribution in [2.24, 2.45) is 0 Å². The molecule has 0 bridgehead atoms. The molecule has 0 spiro atoms. The summed E-state index contributed by atoms with van der Waals surface area (Å²) in [4.78, 5) is 0. The molecule has 2 atom stereocenters. The molecule has 1 rings (SSSR count). The van der Waals surface area contributed by atoms with Gasteiger partial charge in [0.15, 0.2) is 0 Å². The van der Waals surface area contributed by atoms with Crippen molar-refractivity contribution >= 4 is 11.0 Å². The van der Waals surface area contributed by atoms with Crippen LogP contribution in [-0.2, 0) is 11.0 Å². The van der Waals surface area contributed by atoms with E-state index in [4.69, 9.17) is 0 Å². The van der Waals surface area contributed by atoms with E-state index in [9.17, 15) is 4.21 Å². The summed E-state index contributed by atoms with van der Waals surface area (Å²) in [5.41, 5.74) is 1.14. The summed E-state index contributed by atoms with van der Waals surface area (Å²) in [5, 5.41) is 0. The Morgan fingerprint density at radius 2 is 1.94 bits per heavy atom. The van der Waals surface area contributed by atoms with Crippen LogP contribution in [0.3, 0.4) is 0 Å². The molecule has 0 amide bonds. The fraction of sp³-hybridized carbons (Fsp3) is 0.429. The number of hydrogen-bond donors (Lipinski definition) is 1. The Morgan fingerprint density at radius 3 is 2.41 bits per heavy atom. The van der Waals surface area contributed by atoms with Gasteiger partial charge in [0.25, 0.3) is 0 Å². The predicted octanol–water partition coefficient (Wildman–Crippen LogP) is 3.36. The van der Waals surface area contributed by atoms with Gasteiger partial charge in [0.1, 0.15) is 0 Å². The van der Waals surface area contributed by atoms with Crippen LogP contribution < -0.4 is 4.72 Å². The average Bonchev–Trinajstić information content (AvgIpc) is 2.28. The highest BCUT2D eigenvalue weighted by atomic mass is 32.2. The first kappa shape index (κ1) is 14.1. The van der Waals surface area contributed by atoms with E-state index in [1.807, 2.05) is 57.2 Å². The minimum absolute atomic E-state index is 0.0637. The predicted molar refractivity (Wildman–Crippen MR) is 75.0 cm³/mol. The molecule has 17 heavy (non-hydrogen) atoms. The SMILES string of the molecule is C=CC[C@@H](N[S@@](=O)C(C)(C)C)c1ccccc1. The summed E-state index contributed by atoms with van der Waals surface area (Å²) < 4.78 is 15.0. The third-order valence-corrected chi connectivity index (χ3v) is 4.02. The van der Waals surface area contributed by atoms with E-state index >= 15 is 0 Å². The molecule has 0 radical (unpaired) electrons. The van der Waals surface area contributed by atoms with E-state index in [0.29, 0.717) is 0 Å². The topological polar surface area (TPSA) is 29.1 Å². The Morgan fingerprint density at radius 1 is 1.35 bits per heavy atom. The quantitative estimate of drug-likeness (QED) is 0.799. The maximum absolute atomic E-state index is 12.1. The second-order valence-electron chi connectivity index (χ2n) is 4.99. The van der Waals surface area contributed by atoms with Crippen LogP contribution in [0.25, 0.3) is 0 Å². The van der Waals surface area contributed by atoms with Crippen molar-refractivity contribution in [2.45, 2.75) is 38.0 Å². The van der Waals surface area contributed by atoms with Gasteiger partial charge in [-0.3, -0.25) is 0 Å². The van der Waals surface area contributed by atoms with E-state index < -0.39 is 11.0 Å². The molecular weight excluding hydrogens is 230 g/mol.